The van der Waals surface area contributed by atoms with Crippen LogP contribution in [0, 0.1) is 43.3 Å². The molecule has 2 rings (SSSR count). The van der Waals surface area contributed by atoms with Crippen LogP contribution in [-0.4, -0.2) is 23.1 Å². The van der Waals surface area contributed by atoms with E-state index in [0.29, 0.717) is 0 Å². The summed E-state index contributed by atoms with van der Waals surface area (Å²) in [5.74, 6) is -0.790. The first-order valence-electron chi connectivity index (χ1n) is 24.6. The fourth-order valence-corrected chi connectivity index (χ4v) is 18.6. The van der Waals surface area contributed by atoms with Gasteiger partial charge in [-0.25, -0.2) is 9.59 Å². The van der Waals surface area contributed by atoms with Gasteiger partial charge in [0.2, 0.25) is 0 Å². The minimum absolute atomic E-state index is 0.00334. The highest BCUT2D eigenvalue weighted by Gasteiger charge is 2.77. The lowest BCUT2D eigenvalue weighted by Gasteiger charge is -2.76. The topological polar surface area (TPSA) is 52.6 Å². The van der Waals surface area contributed by atoms with E-state index in [1.807, 2.05) is 0 Å². The number of ether oxygens (including phenoxy) is 2. The van der Waals surface area contributed by atoms with Crippen LogP contribution >= 0.6 is 0 Å². The smallest absolute Gasteiger partial charge is 0.331 e. The van der Waals surface area contributed by atoms with Crippen molar-refractivity contribution in [1.29, 1.82) is 0 Å². The molecule has 0 aromatic carbocycles. The first-order valence-corrected chi connectivity index (χ1v) is 24.6. The molecule has 0 spiro atoms. The van der Waals surface area contributed by atoms with Crippen LogP contribution in [0.25, 0.3) is 0 Å². The fraction of sp³-hybridized carbons (Fsp3) is 0.923. The van der Waals surface area contributed by atoms with Crippen LogP contribution in [-0.2, 0) is 19.1 Å². The van der Waals surface area contributed by atoms with Gasteiger partial charge < -0.3 is 9.47 Å². The summed E-state index contributed by atoms with van der Waals surface area (Å²) in [5, 5.41) is 0. The van der Waals surface area contributed by atoms with Gasteiger partial charge in [0.05, 0.1) is 0 Å². The van der Waals surface area contributed by atoms with Gasteiger partial charge >= 0.3 is 11.9 Å². The van der Waals surface area contributed by atoms with Crippen molar-refractivity contribution in [2.45, 2.75) is 264 Å². The average molecular weight is 785 g/mol. The SMILES string of the molecule is CCC1(CC)CC(CC)(OC(=O)/C=C/C(=O)OC2(CC)CC(CC)(CC)C(CC)(CC)C(CC)(CC)C2(CC)CC)C(CC)(CC)C(CC)(CC)C1(CC)CC. The number of esters is 2. The lowest BCUT2D eigenvalue weighted by Crippen LogP contribution is -2.73. The van der Waals surface area contributed by atoms with Crippen molar-refractivity contribution >= 4 is 11.9 Å². The summed E-state index contributed by atoms with van der Waals surface area (Å²) in [4.78, 5) is 29.0. The molecular formula is C52H96O4. The van der Waals surface area contributed by atoms with Crippen LogP contribution < -0.4 is 0 Å². The molecule has 0 heterocycles. The summed E-state index contributed by atoms with van der Waals surface area (Å²) >= 11 is 0. The van der Waals surface area contributed by atoms with Gasteiger partial charge in [-0.1, -0.05) is 125 Å². The average Bonchev–Trinajstić information content (AvgIpc) is 3.24. The molecule has 2 aliphatic rings. The Labute approximate surface area is 349 Å². The number of hydrogen-bond donors (Lipinski definition) is 0. The quantitative estimate of drug-likeness (QED) is 0.0810. The van der Waals surface area contributed by atoms with Gasteiger partial charge in [0, 0.05) is 23.0 Å². The molecule has 0 bridgehead atoms. The zero-order chi connectivity index (χ0) is 43.1. The summed E-state index contributed by atoms with van der Waals surface area (Å²) in [7, 11) is 0. The molecule has 0 N–H and O–H groups in total. The largest absolute Gasteiger partial charge is 0.455 e. The van der Waals surface area contributed by atoms with E-state index in [0.717, 1.165) is 128 Å². The second kappa shape index (κ2) is 18.9. The van der Waals surface area contributed by atoms with Crippen molar-refractivity contribution in [2.24, 2.45) is 43.3 Å². The normalized spacial score (nSPS) is 27.8. The third-order valence-corrected chi connectivity index (χ3v) is 20.7. The Hall–Kier alpha value is -1.32. The minimum atomic E-state index is -0.644. The van der Waals surface area contributed by atoms with E-state index in [2.05, 4.69) is 125 Å². The number of carbonyl (C=O) groups excluding carboxylic acids is 2. The first kappa shape index (κ1) is 50.8. The predicted octanol–water partition coefficient (Wildman–Crippen LogP) is 16.2. The first-order chi connectivity index (χ1) is 26.5. The van der Waals surface area contributed by atoms with Crippen molar-refractivity contribution in [3.05, 3.63) is 12.2 Å². The Morgan fingerprint density at radius 3 is 0.696 bits per heavy atom. The Balaban J connectivity index is 2.82. The molecule has 2 fully saturated rings. The summed E-state index contributed by atoms with van der Waals surface area (Å²) in [6, 6.07) is 0. The molecule has 2 unspecified atom stereocenters. The van der Waals surface area contributed by atoms with Gasteiger partial charge in [0.25, 0.3) is 0 Å². The third-order valence-electron chi connectivity index (χ3n) is 20.7. The molecule has 2 aliphatic carbocycles. The Kier molecular flexibility index (Phi) is 17.2. The van der Waals surface area contributed by atoms with Gasteiger partial charge in [0.1, 0.15) is 11.2 Å². The van der Waals surface area contributed by atoms with E-state index in [4.69, 9.17) is 9.47 Å². The third kappa shape index (κ3) is 6.12. The van der Waals surface area contributed by atoms with Gasteiger partial charge in [-0.15, -0.1) is 0 Å². The number of rotatable bonds is 22. The molecule has 0 aliphatic heterocycles. The molecule has 0 aromatic rings. The highest BCUT2D eigenvalue weighted by Crippen LogP contribution is 2.80. The Bertz CT molecular complexity index is 1180. The monoisotopic (exact) mass is 785 g/mol. The standard InChI is InChI=1S/C52H96O4/c1-19-43(20-2)39-51(35-17,49(31-13,32-14)47(27-9,28-10)45(43,23-5)24-6)55-41(53)37-38-42(54)56-52(36-18)40-44(21-3,22-4)46(25-7,26-8)48(29-11,30-12)50(52,33-15)34-16/h37-38H,19-36,39-40H2,1-18H3/b38-37+. The molecule has 2 saturated carbocycles. The molecule has 56 heavy (non-hydrogen) atoms. The molecule has 4 nitrogen and oxygen atoms in total. The molecule has 0 amide bonds. The van der Waals surface area contributed by atoms with Crippen molar-refractivity contribution < 1.29 is 19.1 Å². The van der Waals surface area contributed by atoms with Gasteiger partial charge in [-0.2, -0.15) is 0 Å². The molecule has 4 heteroatoms. The fourth-order valence-electron chi connectivity index (χ4n) is 18.6. The van der Waals surface area contributed by atoms with Gasteiger partial charge in [0.15, 0.2) is 0 Å². The van der Waals surface area contributed by atoms with E-state index < -0.39 is 23.1 Å². The van der Waals surface area contributed by atoms with Crippen LogP contribution in [0.15, 0.2) is 12.2 Å². The highest BCUT2D eigenvalue weighted by molar-refractivity contribution is 5.92. The van der Waals surface area contributed by atoms with E-state index in [-0.39, 0.29) is 43.3 Å². The second-order valence-electron chi connectivity index (χ2n) is 18.9. The lowest BCUT2D eigenvalue weighted by molar-refractivity contribution is -0.311. The van der Waals surface area contributed by atoms with Crippen molar-refractivity contribution in [1.82, 2.24) is 0 Å². The maximum Gasteiger partial charge on any atom is 0.331 e. The minimum Gasteiger partial charge on any atom is -0.455 e. The second-order valence-corrected chi connectivity index (χ2v) is 18.9. The molecule has 2 atom stereocenters. The molecule has 0 aromatic heterocycles. The Morgan fingerprint density at radius 1 is 0.321 bits per heavy atom. The molecule has 0 radical (unpaired) electrons. The summed E-state index contributed by atoms with van der Waals surface area (Å²) in [6.45, 7) is 42.8. The zero-order valence-corrected chi connectivity index (χ0v) is 40.9. The zero-order valence-electron chi connectivity index (χ0n) is 40.9. The van der Waals surface area contributed by atoms with Crippen LogP contribution in [0.3, 0.4) is 0 Å². The van der Waals surface area contributed by atoms with Gasteiger partial charge in [-0.3, -0.25) is 0 Å². The highest BCUT2D eigenvalue weighted by atomic mass is 16.6. The van der Waals surface area contributed by atoms with Crippen molar-refractivity contribution in [3.63, 3.8) is 0 Å². The van der Waals surface area contributed by atoms with Crippen LogP contribution in [0.1, 0.15) is 253 Å². The van der Waals surface area contributed by atoms with E-state index in [1.165, 1.54) is 12.2 Å². The van der Waals surface area contributed by atoms with E-state index in [9.17, 15) is 9.59 Å². The van der Waals surface area contributed by atoms with Crippen LogP contribution in [0.2, 0.25) is 0 Å². The predicted molar refractivity (Wildman–Crippen MR) is 241 cm³/mol. The van der Waals surface area contributed by atoms with E-state index >= 15 is 0 Å². The summed E-state index contributed by atoms with van der Waals surface area (Å²) in [5.41, 5.74) is -1.35. The summed E-state index contributed by atoms with van der Waals surface area (Å²) < 4.78 is 14.1. The lowest BCUT2D eigenvalue weighted by atomic mass is 9.29. The van der Waals surface area contributed by atoms with Crippen LogP contribution in [0.4, 0.5) is 0 Å². The maximum atomic E-state index is 14.5. The Morgan fingerprint density at radius 2 is 0.536 bits per heavy atom. The number of carbonyl (C=O) groups is 2. The molecular weight excluding hydrogens is 689 g/mol. The maximum absolute atomic E-state index is 14.5. The van der Waals surface area contributed by atoms with Crippen molar-refractivity contribution in [3.8, 4) is 0 Å². The van der Waals surface area contributed by atoms with Gasteiger partial charge in [-0.05, 0) is 161 Å². The van der Waals surface area contributed by atoms with Crippen molar-refractivity contribution in [2.75, 3.05) is 0 Å². The molecule has 328 valence electrons. The summed E-state index contributed by atoms with van der Waals surface area (Å²) in [6.07, 6.45) is 23.1. The number of hydrogen-bond acceptors (Lipinski definition) is 4. The molecule has 0 saturated heterocycles. The van der Waals surface area contributed by atoms with Crippen LogP contribution in [0.5, 0.6) is 0 Å². The van der Waals surface area contributed by atoms with E-state index in [1.54, 1.807) is 0 Å².